The predicted octanol–water partition coefficient (Wildman–Crippen LogP) is 2.33. The predicted molar refractivity (Wildman–Crippen MR) is 70.4 cm³/mol. The van der Waals surface area contributed by atoms with Crippen LogP contribution in [0.4, 0.5) is 0 Å². The lowest BCUT2D eigenvalue weighted by molar-refractivity contribution is 0.0369. The molecule has 1 aliphatic rings. The molecule has 1 saturated heterocycles. The van der Waals surface area contributed by atoms with Gasteiger partial charge in [0, 0.05) is 38.6 Å². The summed E-state index contributed by atoms with van der Waals surface area (Å²) in [6.45, 7) is 10.8. The lowest BCUT2D eigenvalue weighted by Gasteiger charge is -2.26. The van der Waals surface area contributed by atoms with E-state index in [1.54, 1.807) is 0 Å². The van der Waals surface area contributed by atoms with Gasteiger partial charge in [-0.15, -0.1) is 0 Å². The summed E-state index contributed by atoms with van der Waals surface area (Å²) in [6.07, 6.45) is 5.71. The molecule has 0 aromatic carbocycles. The summed E-state index contributed by atoms with van der Waals surface area (Å²) in [5, 5.41) is 0. The molecule has 0 bridgehead atoms. The Morgan fingerprint density at radius 2 is 2.00 bits per heavy atom. The molecule has 3 nitrogen and oxygen atoms in total. The van der Waals surface area contributed by atoms with Crippen molar-refractivity contribution in [2.75, 3.05) is 32.8 Å². The van der Waals surface area contributed by atoms with Gasteiger partial charge in [0.25, 0.3) is 0 Å². The lowest BCUT2D eigenvalue weighted by Crippen LogP contribution is -2.37. The first-order chi connectivity index (χ1) is 8.25. The minimum Gasteiger partial charge on any atom is -0.379 e. The second kappa shape index (κ2) is 6.22. The first kappa shape index (κ1) is 12.7. The van der Waals surface area contributed by atoms with E-state index in [0.717, 1.165) is 32.8 Å². The average molecular weight is 236 g/mol. The van der Waals surface area contributed by atoms with Crippen molar-refractivity contribution in [1.29, 1.82) is 0 Å². The fourth-order valence-corrected chi connectivity index (χ4v) is 2.24. The smallest absolute Gasteiger partial charge is 0.0594 e. The van der Waals surface area contributed by atoms with E-state index in [1.165, 1.54) is 18.5 Å². The molecule has 1 aromatic rings. The van der Waals surface area contributed by atoms with E-state index in [-0.39, 0.29) is 0 Å². The van der Waals surface area contributed by atoms with Crippen LogP contribution in [0, 0.1) is 0 Å². The molecule has 0 amide bonds. The highest BCUT2D eigenvalue weighted by Crippen LogP contribution is 2.14. The Bertz CT molecular complexity index is 327. The molecule has 2 heterocycles. The molecule has 0 unspecified atom stereocenters. The molecule has 96 valence electrons. The normalized spacial score (nSPS) is 17.8. The molecule has 0 N–H and O–H groups in total. The van der Waals surface area contributed by atoms with Gasteiger partial charge < -0.3 is 9.30 Å². The summed E-state index contributed by atoms with van der Waals surface area (Å²) >= 11 is 0. The van der Waals surface area contributed by atoms with E-state index in [0.29, 0.717) is 5.92 Å². The third kappa shape index (κ3) is 3.86. The number of ether oxygens (including phenoxy) is 1. The van der Waals surface area contributed by atoms with Gasteiger partial charge in [-0.2, -0.15) is 0 Å². The van der Waals surface area contributed by atoms with Crippen molar-refractivity contribution in [2.24, 2.45) is 0 Å². The Labute approximate surface area is 104 Å². The van der Waals surface area contributed by atoms with Gasteiger partial charge in [-0.05, 0) is 24.0 Å². The first-order valence-electron chi connectivity index (χ1n) is 6.71. The van der Waals surface area contributed by atoms with Crippen LogP contribution < -0.4 is 0 Å². The quantitative estimate of drug-likeness (QED) is 0.780. The summed E-state index contributed by atoms with van der Waals surface area (Å²) in [4.78, 5) is 2.50. The molecule has 0 radical (unpaired) electrons. The van der Waals surface area contributed by atoms with Crippen LogP contribution in [0.15, 0.2) is 18.5 Å². The average Bonchev–Trinajstić information content (AvgIpc) is 2.79. The number of aryl methyl sites for hydroxylation is 1. The highest BCUT2D eigenvalue weighted by molar-refractivity contribution is 5.14. The largest absolute Gasteiger partial charge is 0.379 e. The summed E-state index contributed by atoms with van der Waals surface area (Å²) in [6, 6.07) is 2.24. The van der Waals surface area contributed by atoms with Crippen LogP contribution in [0.25, 0.3) is 0 Å². The van der Waals surface area contributed by atoms with E-state index in [2.05, 4.69) is 41.8 Å². The third-order valence-corrected chi connectivity index (χ3v) is 3.43. The van der Waals surface area contributed by atoms with Crippen molar-refractivity contribution in [3.63, 3.8) is 0 Å². The second-order valence-electron chi connectivity index (χ2n) is 5.14. The zero-order chi connectivity index (χ0) is 12.1. The zero-order valence-corrected chi connectivity index (χ0v) is 11.1. The Morgan fingerprint density at radius 3 is 2.65 bits per heavy atom. The maximum Gasteiger partial charge on any atom is 0.0594 e. The molecule has 3 heteroatoms. The van der Waals surface area contributed by atoms with Crippen molar-refractivity contribution >= 4 is 0 Å². The Hall–Kier alpha value is -0.800. The van der Waals surface area contributed by atoms with Crippen LogP contribution in [0.5, 0.6) is 0 Å². The van der Waals surface area contributed by atoms with Crippen LogP contribution in [0.2, 0.25) is 0 Å². The van der Waals surface area contributed by atoms with Crippen molar-refractivity contribution in [3.05, 3.63) is 24.0 Å². The zero-order valence-electron chi connectivity index (χ0n) is 11.1. The highest BCUT2D eigenvalue weighted by Gasteiger charge is 2.09. The van der Waals surface area contributed by atoms with Crippen molar-refractivity contribution < 1.29 is 4.74 Å². The molecule has 1 fully saturated rings. The van der Waals surface area contributed by atoms with Crippen LogP contribution in [0.1, 0.15) is 31.7 Å². The lowest BCUT2D eigenvalue weighted by atomic mass is 10.1. The molecule has 17 heavy (non-hydrogen) atoms. The minimum absolute atomic E-state index is 0.635. The fraction of sp³-hybridized carbons (Fsp3) is 0.714. The van der Waals surface area contributed by atoms with Gasteiger partial charge in [-0.1, -0.05) is 13.8 Å². The van der Waals surface area contributed by atoms with Gasteiger partial charge >= 0.3 is 0 Å². The third-order valence-electron chi connectivity index (χ3n) is 3.43. The number of hydrogen-bond donors (Lipinski definition) is 0. The number of nitrogens with zero attached hydrogens (tertiary/aromatic N) is 2. The first-order valence-corrected chi connectivity index (χ1v) is 6.71. The molecule has 1 aromatic heterocycles. The number of rotatable bonds is 5. The highest BCUT2D eigenvalue weighted by atomic mass is 16.5. The molecule has 0 aliphatic carbocycles. The van der Waals surface area contributed by atoms with Crippen LogP contribution in [-0.2, 0) is 11.3 Å². The van der Waals surface area contributed by atoms with Crippen molar-refractivity contribution in [1.82, 2.24) is 9.47 Å². The Balaban J connectivity index is 1.70. The Morgan fingerprint density at radius 1 is 1.24 bits per heavy atom. The van der Waals surface area contributed by atoms with Gasteiger partial charge in [0.2, 0.25) is 0 Å². The van der Waals surface area contributed by atoms with Crippen molar-refractivity contribution in [3.8, 4) is 0 Å². The molecule has 2 rings (SSSR count). The van der Waals surface area contributed by atoms with Gasteiger partial charge in [0.15, 0.2) is 0 Å². The van der Waals surface area contributed by atoms with E-state index in [9.17, 15) is 0 Å². The Kier molecular flexibility index (Phi) is 4.63. The molecule has 1 aliphatic heterocycles. The van der Waals surface area contributed by atoms with E-state index < -0.39 is 0 Å². The molecular formula is C14H24N2O. The standard InChI is InChI=1S/C14H24N2O/c1-13(2)14-4-7-16(12-14)6-3-5-15-8-10-17-11-9-15/h4,7,12-13H,3,5-6,8-11H2,1-2H3. The summed E-state index contributed by atoms with van der Waals surface area (Å²) in [5.41, 5.74) is 1.44. The summed E-state index contributed by atoms with van der Waals surface area (Å²) in [5.74, 6) is 0.635. The molecule has 0 spiro atoms. The number of hydrogen-bond acceptors (Lipinski definition) is 2. The van der Waals surface area contributed by atoms with Gasteiger partial charge in [0.1, 0.15) is 0 Å². The summed E-state index contributed by atoms with van der Waals surface area (Å²) in [7, 11) is 0. The second-order valence-corrected chi connectivity index (χ2v) is 5.14. The molecule has 0 saturated carbocycles. The topological polar surface area (TPSA) is 17.4 Å². The summed E-state index contributed by atoms with van der Waals surface area (Å²) < 4.78 is 7.66. The van der Waals surface area contributed by atoms with E-state index in [1.807, 2.05) is 0 Å². The van der Waals surface area contributed by atoms with Gasteiger partial charge in [-0.3, -0.25) is 4.90 Å². The number of aromatic nitrogens is 1. The minimum atomic E-state index is 0.635. The van der Waals surface area contributed by atoms with Crippen LogP contribution in [0.3, 0.4) is 0 Å². The number of morpholine rings is 1. The maximum absolute atomic E-state index is 5.35. The van der Waals surface area contributed by atoms with E-state index >= 15 is 0 Å². The molecular weight excluding hydrogens is 212 g/mol. The fourth-order valence-electron chi connectivity index (χ4n) is 2.24. The molecule has 0 atom stereocenters. The van der Waals surface area contributed by atoms with Crippen molar-refractivity contribution in [2.45, 2.75) is 32.7 Å². The van der Waals surface area contributed by atoms with Crippen LogP contribution >= 0.6 is 0 Å². The SMILES string of the molecule is CC(C)c1ccn(CCCN2CCOCC2)c1. The van der Waals surface area contributed by atoms with E-state index in [4.69, 9.17) is 4.74 Å². The van der Waals surface area contributed by atoms with Gasteiger partial charge in [-0.25, -0.2) is 0 Å². The maximum atomic E-state index is 5.35. The van der Waals surface area contributed by atoms with Gasteiger partial charge in [0.05, 0.1) is 13.2 Å². The monoisotopic (exact) mass is 236 g/mol. The van der Waals surface area contributed by atoms with Crippen LogP contribution in [-0.4, -0.2) is 42.3 Å².